The van der Waals surface area contributed by atoms with Gasteiger partial charge >= 0.3 is 0 Å². The van der Waals surface area contributed by atoms with Gasteiger partial charge in [-0.25, -0.2) is 0 Å². The predicted octanol–water partition coefficient (Wildman–Crippen LogP) is 4.00. The molecule has 2 aliphatic rings. The van der Waals surface area contributed by atoms with E-state index in [0.717, 1.165) is 49.5 Å². The molecule has 0 atom stereocenters. The fourth-order valence-corrected chi connectivity index (χ4v) is 4.25. The minimum atomic E-state index is 0. The zero-order valence-corrected chi connectivity index (χ0v) is 18.6. The molecule has 160 valence electrons. The molecule has 5 nitrogen and oxygen atoms in total. The SMILES string of the molecule is Cc1cccc(N2CCN(CCC(=O)c3ccc4c(c3)CCC(=O)N4)CC2)c1C.Cl. The molecule has 1 amide bonds. The Hall–Kier alpha value is -2.37. The number of aryl methyl sites for hydroxylation is 2. The summed E-state index contributed by atoms with van der Waals surface area (Å²) in [6, 6.07) is 12.2. The van der Waals surface area contributed by atoms with Gasteiger partial charge in [-0.2, -0.15) is 0 Å². The molecule has 0 saturated carbocycles. The van der Waals surface area contributed by atoms with Crippen LogP contribution >= 0.6 is 12.4 Å². The van der Waals surface area contributed by atoms with Gasteiger partial charge in [0.05, 0.1) is 0 Å². The molecule has 2 heterocycles. The Morgan fingerprint density at radius 3 is 2.57 bits per heavy atom. The molecule has 0 aromatic heterocycles. The van der Waals surface area contributed by atoms with Crippen molar-refractivity contribution in [2.75, 3.05) is 42.9 Å². The molecule has 4 rings (SSSR count). The number of benzene rings is 2. The molecule has 0 bridgehead atoms. The zero-order valence-electron chi connectivity index (χ0n) is 17.7. The van der Waals surface area contributed by atoms with Crippen molar-refractivity contribution in [3.63, 3.8) is 0 Å². The Balaban J connectivity index is 0.00000256. The highest BCUT2D eigenvalue weighted by atomic mass is 35.5. The number of halogens is 1. The van der Waals surface area contributed by atoms with Gasteiger partial charge in [-0.05, 0) is 61.2 Å². The van der Waals surface area contributed by atoms with Gasteiger partial charge in [-0.1, -0.05) is 12.1 Å². The number of anilines is 2. The molecule has 2 aliphatic heterocycles. The second kappa shape index (κ2) is 9.63. The summed E-state index contributed by atoms with van der Waals surface area (Å²) < 4.78 is 0. The molecule has 0 unspecified atom stereocenters. The molecule has 30 heavy (non-hydrogen) atoms. The van der Waals surface area contributed by atoms with Crippen molar-refractivity contribution in [2.24, 2.45) is 0 Å². The molecular weight excluding hydrogens is 398 g/mol. The molecule has 0 spiro atoms. The van der Waals surface area contributed by atoms with Crippen LogP contribution in [-0.4, -0.2) is 49.3 Å². The number of hydrogen-bond acceptors (Lipinski definition) is 4. The van der Waals surface area contributed by atoms with Crippen LogP contribution in [0.15, 0.2) is 36.4 Å². The van der Waals surface area contributed by atoms with Gasteiger partial charge < -0.3 is 10.2 Å². The standard InChI is InChI=1S/C24H29N3O2.ClH/c1-17-4-3-5-22(18(17)2)27-14-12-26(13-15-27)11-10-23(28)20-6-8-21-19(16-20)7-9-24(29)25-21;/h3-6,8,16H,7,9-15H2,1-2H3,(H,25,29);1H. The summed E-state index contributed by atoms with van der Waals surface area (Å²) in [5.41, 5.74) is 6.70. The van der Waals surface area contributed by atoms with E-state index in [4.69, 9.17) is 0 Å². The molecule has 0 aliphatic carbocycles. The smallest absolute Gasteiger partial charge is 0.224 e. The number of fused-ring (bicyclic) bond motifs is 1. The summed E-state index contributed by atoms with van der Waals surface area (Å²) in [7, 11) is 0. The fraction of sp³-hybridized carbons (Fsp3) is 0.417. The second-order valence-corrected chi connectivity index (χ2v) is 8.14. The monoisotopic (exact) mass is 427 g/mol. The van der Waals surface area contributed by atoms with Gasteiger partial charge in [0, 0.05) is 62.5 Å². The fourth-order valence-electron chi connectivity index (χ4n) is 4.25. The number of nitrogens with zero attached hydrogens (tertiary/aromatic N) is 2. The van der Waals surface area contributed by atoms with Crippen LogP contribution < -0.4 is 10.2 Å². The summed E-state index contributed by atoms with van der Waals surface area (Å²) in [6.07, 6.45) is 1.74. The molecule has 1 N–H and O–H groups in total. The molecule has 6 heteroatoms. The zero-order chi connectivity index (χ0) is 20.4. The second-order valence-electron chi connectivity index (χ2n) is 8.14. The molecule has 1 saturated heterocycles. The maximum absolute atomic E-state index is 12.7. The van der Waals surface area contributed by atoms with Crippen molar-refractivity contribution in [1.29, 1.82) is 0 Å². The number of ketones is 1. The highest BCUT2D eigenvalue weighted by molar-refractivity contribution is 5.99. The summed E-state index contributed by atoms with van der Waals surface area (Å²) in [5.74, 6) is 0.234. The highest BCUT2D eigenvalue weighted by Gasteiger charge is 2.20. The minimum absolute atomic E-state index is 0. The average Bonchev–Trinajstić information content (AvgIpc) is 2.74. The number of carbonyl (C=O) groups is 2. The molecular formula is C24H30ClN3O2. The van der Waals surface area contributed by atoms with Crippen molar-refractivity contribution < 1.29 is 9.59 Å². The van der Waals surface area contributed by atoms with Crippen LogP contribution in [0, 0.1) is 13.8 Å². The maximum Gasteiger partial charge on any atom is 0.224 e. The lowest BCUT2D eigenvalue weighted by molar-refractivity contribution is -0.116. The van der Waals surface area contributed by atoms with Crippen LogP contribution in [0.4, 0.5) is 11.4 Å². The normalized spacial score (nSPS) is 16.5. The first-order valence-corrected chi connectivity index (χ1v) is 10.5. The number of amides is 1. The van der Waals surface area contributed by atoms with Gasteiger partial charge in [-0.15, -0.1) is 12.4 Å². The highest BCUT2D eigenvalue weighted by Crippen LogP contribution is 2.25. The van der Waals surface area contributed by atoms with Crippen LogP contribution in [0.2, 0.25) is 0 Å². The van der Waals surface area contributed by atoms with Crippen LogP contribution in [0.5, 0.6) is 0 Å². The lowest BCUT2D eigenvalue weighted by atomic mass is 9.98. The topological polar surface area (TPSA) is 52.7 Å². The van der Waals surface area contributed by atoms with E-state index in [1.165, 1.54) is 16.8 Å². The van der Waals surface area contributed by atoms with Crippen LogP contribution in [0.3, 0.4) is 0 Å². The number of Topliss-reactive ketones (excluding diaryl/α,β-unsaturated/α-hetero) is 1. The van der Waals surface area contributed by atoms with Crippen molar-refractivity contribution >= 4 is 35.5 Å². The largest absolute Gasteiger partial charge is 0.369 e. The van der Waals surface area contributed by atoms with E-state index < -0.39 is 0 Å². The summed E-state index contributed by atoms with van der Waals surface area (Å²) in [5, 5.41) is 2.87. The summed E-state index contributed by atoms with van der Waals surface area (Å²) >= 11 is 0. The summed E-state index contributed by atoms with van der Waals surface area (Å²) in [4.78, 5) is 29.0. The Labute approximate surface area is 184 Å². The first kappa shape index (κ1) is 22.3. The third-order valence-electron chi connectivity index (χ3n) is 6.27. The van der Waals surface area contributed by atoms with E-state index in [2.05, 4.69) is 47.2 Å². The molecule has 2 aromatic carbocycles. The van der Waals surface area contributed by atoms with E-state index >= 15 is 0 Å². The molecule has 1 fully saturated rings. The van der Waals surface area contributed by atoms with Crippen LogP contribution in [0.1, 0.15) is 39.9 Å². The number of carbonyl (C=O) groups excluding carboxylic acids is 2. The van der Waals surface area contributed by atoms with Crippen molar-refractivity contribution in [2.45, 2.75) is 33.1 Å². The van der Waals surface area contributed by atoms with E-state index in [1.807, 2.05) is 18.2 Å². The van der Waals surface area contributed by atoms with Crippen molar-refractivity contribution in [1.82, 2.24) is 4.90 Å². The van der Waals surface area contributed by atoms with Crippen LogP contribution in [0.25, 0.3) is 0 Å². The lowest BCUT2D eigenvalue weighted by Gasteiger charge is -2.37. The Morgan fingerprint density at radius 1 is 1.03 bits per heavy atom. The van der Waals surface area contributed by atoms with Gasteiger partial charge in [-0.3, -0.25) is 14.5 Å². The maximum atomic E-state index is 12.7. The van der Waals surface area contributed by atoms with E-state index in [-0.39, 0.29) is 24.1 Å². The number of piperazine rings is 1. The lowest BCUT2D eigenvalue weighted by Crippen LogP contribution is -2.47. The number of rotatable bonds is 5. The minimum Gasteiger partial charge on any atom is -0.369 e. The van der Waals surface area contributed by atoms with Crippen molar-refractivity contribution in [3.8, 4) is 0 Å². The number of nitrogens with one attached hydrogen (secondary N) is 1. The van der Waals surface area contributed by atoms with Gasteiger partial charge in [0.25, 0.3) is 0 Å². The summed E-state index contributed by atoms with van der Waals surface area (Å²) in [6.45, 7) is 9.12. The van der Waals surface area contributed by atoms with E-state index in [9.17, 15) is 9.59 Å². The molecule has 0 radical (unpaired) electrons. The molecule has 2 aromatic rings. The van der Waals surface area contributed by atoms with E-state index in [0.29, 0.717) is 19.3 Å². The van der Waals surface area contributed by atoms with E-state index in [1.54, 1.807) is 0 Å². The van der Waals surface area contributed by atoms with Crippen LogP contribution in [-0.2, 0) is 11.2 Å². The average molecular weight is 428 g/mol. The Bertz CT molecular complexity index is 936. The Kier molecular flexibility index (Phi) is 7.16. The quantitative estimate of drug-likeness (QED) is 0.732. The Morgan fingerprint density at radius 2 is 1.80 bits per heavy atom. The van der Waals surface area contributed by atoms with Gasteiger partial charge in [0.15, 0.2) is 5.78 Å². The predicted molar refractivity (Wildman–Crippen MR) is 124 cm³/mol. The third-order valence-corrected chi connectivity index (χ3v) is 6.27. The first-order chi connectivity index (χ1) is 14.0. The van der Waals surface area contributed by atoms with Gasteiger partial charge in [0.2, 0.25) is 5.91 Å². The first-order valence-electron chi connectivity index (χ1n) is 10.5. The third kappa shape index (κ3) is 4.85. The van der Waals surface area contributed by atoms with Gasteiger partial charge in [0.1, 0.15) is 0 Å². The number of hydrogen-bond donors (Lipinski definition) is 1. The van der Waals surface area contributed by atoms with Crippen molar-refractivity contribution in [3.05, 3.63) is 58.7 Å².